The zero-order valence-corrected chi connectivity index (χ0v) is 34.3. The van der Waals surface area contributed by atoms with Crippen molar-refractivity contribution < 1.29 is 14.4 Å². The van der Waals surface area contributed by atoms with Gasteiger partial charge in [-0.15, -0.1) is 0 Å². The molecule has 5 saturated heterocycles. The Labute approximate surface area is 347 Å². The first-order chi connectivity index (χ1) is 28.2. The molecule has 0 radical (unpaired) electrons. The summed E-state index contributed by atoms with van der Waals surface area (Å²) in [6.07, 6.45) is 11.0. The van der Waals surface area contributed by atoms with Gasteiger partial charge in [0.1, 0.15) is 6.07 Å². The summed E-state index contributed by atoms with van der Waals surface area (Å²) in [5.41, 5.74) is 6.31. The van der Waals surface area contributed by atoms with E-state index in [1.54, 1.807) is 4.90 Å². The number of benzene rings is 3. The van der Waals surface area contributed by atoms with Crippen LogP contribution in [0.3, 0.4) is 0 Å². The number of hydrogen-bond donors (Lipinski definition) is 1. The van der Waals surface area contributed by atoms with Crippen molar-refractivity contribution in [2.75, 3.05) is 91.6 Å². The standard InChI is InChI=1S/C46H55ClN8O3/c47-41-31-40(6-3-35(41)32-48)54-26-20-46(33-54)18-22-50(23-19-46)36-4-1-34(2-5-36)43(57)53-24-16-45(17-25-53)14-11-38(12-15-45)52-29-27-51(28-30-52)37-7-9-39(10-8-37)55-21-13-42(56)49-44(55)58/h1-10,31,38H,11-30,33H2,(H,49,56,58). The minimum Gasteiger partial charge on any atom is -0.371 e. The maximum absolute atomic E-state index is 13.7. The van der Waals surface area contributed by atoms with Crippen molar-refractivity contribution in [2.24, 2.45) is 10.8 Å². The average molecular weight is 803 g/mol. The number of urea groups is 1. The topological polar surface area (TPSA) is 106 Å². The van der Waals surface area contributed by atoms with Crippen molar-refractivity contribution in [3.05, 3.63) is 82.9 Å². The Hall–Kier alpha value is -4.79. The first kappa shape index (κ1) is 38.7. The number of likely N-dealkylation sites (tertiary alicyclic amines) is 1. The van der Waals surface area contributed by atoms with Crippen LogP contribution >= 0.6 is 11.6 Å². The highest BCUT2D eigenvalue weighted by atomic mass is 35.5. The Kier molecular flexibility index (Phi) is 10.7. The molecule has 0 atom stereocenters. The van der Waals surface area contributed by atoms with Gasteiger partial charge >= 0.3 is 6.03 Å². The second kappa shape index (κ2) is 16.1. The fraction of sp³-hybridized carbons (Fsp3) is 0.522. The van der Waals surface area contributed by atoms with Crippen molar-refractivity contribution >= 4 is 52.2 Å². The summed E-state index contributed by atoms with van der Waals surface area (Å²) in [4.78, 5) is 51.2. The third-order valence-electron chi connectivity index (χ3n) is 14.7. The summed E-state index contributed by atoms with van der Waals surface area (Å²) < 4.78 is 0. The number of hydrogen-bond acceptors (Lipinski definition) is 8. The second-order valence-electron chi connectivity index (χ2n) is 17.8. The molecule has 4 amide bonds. The first-order valence-corrected chi connectivity index (χ1v) is 21.9. The van der Waals surface area contributed by atoms with E-state index in [4.69, 9.17) is 11.6 Å². The molecule has 3 aromatic rings. The molecule has 11 nitrogen and oxygen atoms in total. The smallest absolute Gasteiger partial charge is 0.328 e. The number of nitriles is 1. The summed E-state index contributed by atoms with van der Waals surface area (Å²) in [5.74, 6) is -0.0450. The van der Waals surface area contributed by atoms with Gasteiger partial charge in [-0.25, -0.2) is 4.79 Å². The number of halogens is 1. The maximum Gasteiger partial charge on any atom is 0.328 e. The lowest BCUT2D eigenvalue weighted by molar-refractivity contribution is -0.120. The second-order valence-corrected chi connectivity index (χ2v) is 18.2. The van der Waals surface area contributed by atoms with E-state index in [0.717, 1.165) is 108 Å². The Morgan fingerprint density at radius 2 is 1.22 bits per heavy atom. The molecule has 12 heteroatoms. The van der Waals surface area contributed by atoms with Crippen LogP contribution in [0.15, 0.2) is 66.7 Å². The van der Waals surface area contributed by atoms with Crippen molar-refractivity contribution in [1.29, 1.82) is 5.26 Å². The van der Waals surface area contributed by atoms with Crippen molar-refractivity contribution in [2.45, 2.75) is 70.3 Å². The molecule has 1 N–H and O–H groups in total. The van der Waals surface area contributed by atoms with Crippen LogP contribution in [0, 0.1) is 22.2 Å². The van der Waals surface area contributed by atoms with E-state index >= 15 is 0 Å². The number of carbonyl (C=O) groups is 3. The molecular weight excluding hydrogens is 748 g/mol. The minimum atomic E-state index is -0.346. The number of nitrogens with zero attached hydrogens (tertiary/aromatic N) is 7. The lowest BCUT2D eigenvalue weighted by atomic mass is 9.66. The van der Waals surface area contributed by atoms with E-state index < -0.39 is 0 Å². The molecule has 304 valence electrons. The van der Waals surface area contributed by atoms with Gasteiger partial charge < -0.3 is 19.6 Å². The van der Waals surface area contributed by atoms with Gasteiger partial charge in [-0.2, -0.15) is 5.26 Å². The Morgan fingerprint density at radius 1 is 0.655 bits per heavy atom. The van der Waals surface area contributed by atoms with Crippen LogP contribution in [0.2, 0.25) is 5.02 Å². The third kappa shape index (κ3) is 7.85. The van der Waals surface area contributed by atoms with E-state index in [9.17, 15) is 19.6 Å². The summed E-state index contributed by atoms with van der Waals surface area (Å²) in [5, 5.41) is 12.2. The number of rotatable bonds is 6. The van der Waals surface area contributed by atoms with Gasteiger partial charge in [0.25, 0.3) is 5.91 Å². The van der Waals surface area contributed by atoms with Gasteiger partial charge in [-0.1, -0.05) is 11.6 Å². The van der Waals surface area contributed by atoms with Gasteiger partial charge in [0.2, 0.25) is 5.91 Å². The van der Waals surface area contributed by atoms with Crippen LogP contribution in [0.5, 0.6) is 0 Å². The SMILES string of the molecule is N#Cc1ccc(N2CCC3(CCN(c4ccc(C(=O)N5CCC6(CCC(N7CCN(c8ccc(N9CCC(=O)NC9=O)cc8)CC7)CC6)CC5)cc4)CC3)C2)cc1Cl. The highest BCUT2D eigenvalue weighted by Crippen LogP contribution is 2.46. The van der Waals surface area contributed by atoms with Gasteiger partial charge in [-0.3, -0.25) is 24.7 Å². The molecule has 3 aromatic carbocycles. The average Bonchev–Trinajstić information content (AvgIpc) is 3.67. The number of carbonyl (C=O) groups excluding carboxylic acids is 3. The molecule has 0 unspecified atom stereocenters. The minimum absolute atomic E-state index is 0.169. The number of piperidine rings is 2. The molecule has 2 spiro atoms. The molecule has 6 aliphatic rings. The summed E-state index contributed by atoms with van der Waals surface area (Å²) in [6, 6.07) is 24.8. The lowest BCUT2D eigenvalue weighted by Crippen LogP contribution is -2.53. The summed E-state index contributed by atoms with van der Waals surface area (Å²) in [7, 11) is 0. The number of piperazine rings is 1. The Morgan fingerprint density at radius 3 is 1.84 bits per heavy atom. The normalized spacial score (nSPS) is 22.7. The predicted molar refractivity (Wildman–Crippen MR) is 229 cm³/mol. The zero-order chi connectivity index (χ0) is 39.9. The van der Waals surface area contributed by atoms with E-state index in [1.165, 1.54) is 43.5 Å². The zero-order valence-electron chi connectivity index (χ0n) is 33.5. The number of amides is 4. The van der Waals surface area contributed by atoms with E-state index in [1.807, 2.05) is 42.5 Å². The molecule has 58 heavy (non-hydrogen) atoms. The number of nitrogens with one attached hydrogen (secondary N) is 1. The molecule has 1 aliphatic carbocycles. The third-order valence-corrected chi connectivity index (χ3v) is 15.0. The largest absolute Gasteiger partial charge is 0.371 e. The fourth-order valence-electron chi connectivity index (χ4n) is 10.9. The highest BCUT2D eigenvalue weighted by molar-refractivity contribution is 6.32. The van der Waals surface area contributed by atoms with Crippen molar-refractivity contribution in [3.8, 4) is 6.07 Å². The summed E-state index contributed by atoms with van der Waals surface area (Å²) in [6.45, 7) is 10.3. The van der Waals surface area contributed by atoms with Crippen LogP contribution in [-0.2, 0) is 4.79 Å². The van der Waals surface area contributed by atoms with E-state index in [2.05, 4.69) is 60.2 Å². The Bertz CT molecular complexity index is 2030. The van der Waals surface area contributed by atoms with Crippen LogP contribution in [0.1, 0.15) is 80.1 Å². The summed E-state index contributed by atoms with van der Waals surface area (Å²) >= 11 is 6.35. The van der Waals surface area contributed by atoms with Gasteiger partial charge in [0.05, 0.1) is 10.6 Å². The fourth-order valence-corrected chi connectivity index (χ4v) is 11.1. The number of anilines is 4. The Balaban J connectivity index is 0.701. The van der Waals surface area contributed by atoms with Crippen LogP contribution < -0.4 is 24.9 Å². The molecule has 5 aliphatic heterocycles. The van der Waals surface area contributed by atoms with E-state index in [0.29, 0.717) is 40.4 Å². The van der Waals surface area contributed by atoms with Crippen molar-refractivity contribution in [3.63, 3.8) is 0 Å². The van der Waals surface area contributed by atoms with Crippen molar-refractivity contribution in [1.82, 2.24) is 15.1 Å². The maximum atomic E-state index is 13.7. The van der Waals surface area contributed by atoms with Gasteiger partial charge in [-0.05, 0) is 135 Å². The van der Waals surface area contributed by atoms with Crippen LogP contribution in [0.4, 0.5) is 27.5 Å². The van der Waals surface area contributed by atoms with Gasteiger partial charge in [0, 0.05) is 113 Å². The molecule has 6 fully saturated rings. The van der Waals surface area contributed by atoms with Gasteiger partial charge in [0.15, 0.2) is 0 Å². The molecular formula is C46H55ClN8O3. The monoisotopic (exact) mass is 802 g/mol. The van der Waals surface area contributed by atoms with E-state index in [-0.39, 0.29) is 17.8 Å². The highest BCUT2D eigenvalue weighted by Gasteiger charge is 2.42. The molecule has 0 bridgehead atoms. The molecule has 9 rings (SSSR count). The number of imide groups is 1. The molecule has 0 aromatic heterocycles. The quantitative estimate of drug-likeness (QED) is 0.281. The first-order valence-electron chi connectivity index (χ1n) is 21.5. The molecule has 1 saturated carbocycles. The lowest BCUT2D eigenvalue weighted by Gasteiger charge is -2.49. The predicted octanol–water partition coefficient (Wildman–Crippen LogP) is 7.14. The molecule has 5 heterocycles. The van der Waals surface area contributed by atoms with Crippen LogP contribution in [-0.4, -0.2) is 106 Å². The van der Waals surface area contributed by atoms with Crippen LogP contribution in [0.25, 0.3) is 0 Å².